The van der Waals surface area contributed by atoms with Crippen molar-refractivity contribution in [2.24, 2.45) is 5.73 Å². The molecule has 21 heavy (non-hydrogen) atoms. The Morgan fingerprint density at radius 3 is 2.38 bits per heavy atom. The lowest BCUT2D eigenvalue weighted by molar-refractivity contribution is -0.117. The molecule has 0 aliphatic carbocycles. The van der Waals surface area contributed by atoms with Gasteiger partial charge in [0.15, 0.2) is 5.78 Å². The van der Waals surface area contributed by atoms with Gasteiger partial charge < -0.3 is 16.8 Å². The first-order valence-electron chi connectivity index (χ1n) is 6.55. The number of nitrogens with one attached hydrogen (secondary N) is 1. The molecule has 5 nitrogen and oxygen atoms in total. The fourth-order valence-corrected chi connectivity index (χ4v) is 1.98. The molecule has 0 saturated carbocycles. The Balaban J connectivity index is 2.18. The molecule has 0 aromatic heterocycles. The molecule has 0 aliphatic heterocycles. The summed E-state index contributed by atoms with van der Waals surface area (Å²) in [6.07, 6.45) is 0. The summed E-state index contributed by atoms with van der Waals surface area (Å²) >= 11 is 0. The van der Waals surface area contributed by atoms with Crippen molar-refractivity contribution in [3.63, 3.8) is 0 Å². The minimum absolute atomic E-state index is 0.0632. The summed E-state index contributed by atoms with van der Waals surface area (Å²) in [6.45, 7) is 0.445. The van der Waals surface area contributed by atoms with Crippen molar-refractivity contribution < 1.29 is 9.59 Å². The summed E-state index contributed by atoms with van der Waals surface area (Å²) in [5.74, 6) is -0.503. The third-order valence-electron chi connectivity index (χ3n) is 3.06. The first-order valence-corrected chi connectivity index (χ1v) is 6.55. The van der Waals surface area contributed by atoms with Gasteiger partial charge in [0.05, 0.1) is 6.54 Å². The monoisotopic (exact) mass is 283 g/mol. The van der Waals surface area contributed by atoms with Gasteiger partial charge in [-0.25, -0.2) is 0 Å². The number of rotatable bonds is 6. The average Bonchev–Trinajstić information content (AvgIpc) is 2.49. The van der Waals surface area contributed by atoms with Crippen molar-refractivity contribution in [3.05, 3.63) is 65.2 Å². The predicted molar refractivity (Wildman–Crippen MR) is 81.6 cm³/mol. The predicted octanol–water partition coefficient (Wildman–Crippen LogP) is 1.07. The Morgan fingerprint density at radius 1 is 1.00 bits per heavy atom. The number of amides is 1. The van der Waals surface area contributed by atoms with Gasteiger partial charge >= 0.3 is 0 Å². The van der Waals surface area contributed by atoms with E-state index in [1.165, 1.54) is 0 Å². The molecule has 0 spiro atoms. The quantitative estimate of drug-likeness (QED) is 0.545. The van der Waals surface area contributed by atoms with E-state index >= 15 is 0 Å². The average molecular weight is 283 g/mol. The van der Waals surface area contributed by atoms with Crippen LogP contribution in [0.3, 0.4) is 0 Å². The van der Waals surface area contributed by atoms with Crippen LogP contribution in [-0.2, 0) is 11.3 Å². The van der Waals surface area contributed by atoms with Gasteiger partial charge in [0.1, 0.15) is 0 Å². The minimum Gasteiger partial charge on any atom is -0.398 e. The third kappa shape index (κ3) is 3.90. The van der Waals surface area contributed by atoms with Gasteiger partial charge in [-0.1, -0.05) is 30.3 Å². The van der Waals surface area contributed by atoms with Crippen LogP contribution in [0.4, 0.5) is 5.69 Å². The highest BCUT2D eigenvalue weighted by molar-refractivity contribution is 6.09. The van der Waals surface area contributed by atoms with E-state index in [-0.39, 0.29) is 12.3 Å². The van der Waals surface area contributed by atoms with Crippen LogP contribution in [0.5, 0.6) is 0 Å². The van der Waals surface area contributed by atoms with Crippen molar-refractivity contribution in [1.82, 2.24) is 5.32 Å². The van der Waals surface area contributed by atoms with Gasteiger partial charge in [0.2, 0.25) is 5.91 Å². The lowest BCUT2D eigenvalue weighted by Crippen LogP contribution is -2.28. The van der Waals surface area contributed by atoms with Gasteiger partial charge in [-0.2, -0.15) is 0 Å². The van der Waals surface area contributed by atoms with Crippen LogP contribution in [0.1, 0.15) is 21.5 Å². The summed E-state index contributed by atoms with van der Waals surface area (Å²) in [5.41, 5.74) is 13.5. The maximum Gasteiger partial charge on any atom is 0.231 e. The zero-order valence-electron chi connectivity index (χ0n) is 11.5. The zero-order chi connectivity index (χ0) is 15.2. The fourth-order valence-electron chi connectivity index (χ4n) is 1.98. The highest BCUT2D eigenvalue weighted by Gasteiger charge is 2.10. The third-order valence-corrected chi connectivity index (χ3v) is 3.06. The smallest absolute Gasteiger partial charge is 0.231 e. The fraction of sp³-hybridized carbons (Fsp3) is 0.125. The number of hydrogen-bond acceptors (Lipinski definition) is 4. The van der Waals surface area contributed by atoms with Gasteiger partial charge in [0, 0.05) is 23.4 Å². The number of ketones is 1. The second-order valence-electron chi connectivity index (χ2n) is 4.68. The summed E-state index contributed by atoms with van der Waals surface area (Å²) in [6, 6.07) is 14.2. The minimum atomic E-state index is -0.440. The molecule has 0 fully saturated rings. The highest BCUT2D eigenvalue weighted by Crippen LogP contribution is 2.17. The first kappa shape index (κ1) is 14.7. The molecule has 2 rings (SSSR count). The molecule has 0 atom stereocenters. The molecule has 0 heterocycles. The van der Waals surface area contributed by atoms with Crippen LogP contribution in [0.25, 0.3) is 0 Å². The second kappa shape index (κ2) is 6.67. The molecule has 5 N–H and O–H groups in total. The molecule has 0 aliphatic rings. The van der Waals surface area contributed by atoms with E-state index in [4.69, 9.17) is 11.5 Å². The number of carbonyl (C=O) groups excluding carboxylic acids is 2. The Hall–Kier alpha value is -2.66. The molecule has 2 aromatic carbocycles. The summed E-state index contributed by atoms with van der Waals surface area (Å²) < 4.78 is 0. The van der Waals surface area contributed by atoms with E-state index < -0.39 is 5.91 Å². The lowest BCUT2D eigenvalue weighted by atomic mass is 10.0. The van der Waals surface area contributed by atoms with E-state index in [2.05, 4.69) is 5.32 Å². The van der Waals surface area contributed by atoms with Crippen LogP contribution in [0, 0.1) is 0 Å². The molecular formula is C16H17N3O2. The topological polar surface area (TPSA) is 98.2 Å². The lowest BCUT2D eigenvalue weighted by Gasteiger charge is -2.09. The van der Waals surface area contributed by atoms with Crippen LogP contribution in [0.2, 0.25) is 0 Å². The van der Waals surface area contributed by atoms with E-state index in [1.54, 1.807) is 30.3 Å². The van der Waals surface area contributed by atoms with Crippen molar-refractivity contribution in [2.45, 2.75) is 6.54 Å². The standard InChI is InChI=1S/C16H17N3O2/c17-14-7-6-12(8-13(14)9-19-10-15(18)20)16(21)11-4-2-1-3-5-11/h1-8,19H,9-10,17H2,(H2,18,20). The Labute approximate surface area is 123 Å². The van der Waals surface area contributed by atoms with E-state index in [9.17, 15) is 9.59 Å². The Kier molecular flexibility index (Phi) is 4.68. The number of anilines is 1. The maximum absolute atomic E-state index is 12.4. The number of benzene rings is 2. The molecule has 0 radical (unpaired) electrons. The van der Waals surface area contributed by atoms with Gasteiger partial charge in [-0.15, -0.1) is 0 Å². The normalized spacial score (nSPS) is 10.3. The number of nitrogen functional groups attached to an aromatic ring is 1. The van der Waals surface area contributed by atoms with E-state index in [1.807, 2.05) is 18.2 Å². The first-order chi connectivity index (χ1) is 10.1. The van der Waals surface area contributed by atoms with Crippen LogP contribution in [0.15, 0.2) is 48.5 Å². The number of nitrogens with two attached hydrogens (primary N) is 2. The molecule has 0 unspecified atom stereocenters. The molecular weight excluding hydrogens is 266 g/mol. The number of hydrogen-bond donors (Lipinski definition) is 3. The van der Waals surface area contributed by atoms with Crippen LogP contribution < -0.4 is 16.8 Å². The van der Waals surface area contributed by atoms with Crippen molar-refractivity contribution in [1.29, 1.82) is 0 Å². The molecule has 5 heteroatoms. The summed E-state index contributed by atoms with van der Waals surface area (Å²) in [7, 11) is 0. The SMILES string of the molecule is NC(=O)CNCc1cc(C(=O)c2ccccc2)ccc1N. The Bertz CT molecular complexity index is 654. The highest BCUT2D eigenvalue weighted by atomic mass is 16.1. The zero-order valence-corrected chi connectivity index (χ0v) is 11.5. The second-order valence-corrected chi connectivity index (χ2v) is 4.68. The van der Waals surface area contributed by atoms with Crippen LogP contribution >= 0.6 is 0 Å². The van der Waals surface area contributed by atoms with Crippen molar-refractivity contribution in [2.75, 3.05) is 12.3 Å². The van der Waals surface area contributed by atoms with Gasteiger partial charge in [-0.05, 0) is 23.8 Å². The molecule has 108 valence electrons. The number of primary amides is 1. The maximum atomic E-state index is 12.4. The summed E-state index contributed by atoms with van der Waals surface area (Å²) in [4.78, 5) is 23.1. The molecule has 2 aromatic rings. The molecule has 1 amide bonds. The van der Waals surface area contributed by atoms with Crippen molar-refractivity contribution >= 4 is 17.4 Å². The van der Waals surface area contributed by atoms with Gasteiger partial charge in [-0.3, -0.25) is 9.59 Å². The Morgan fingerprint density at radius 2 is 1.71 bits per heavy atom. The van der Waals surface area contributed by atoms with Crippen molar-refractivity contribution in [3.8, 4) is 0 Å². The molecule has 0 saturated heterocycles. The van der Waals surface area contributed by atoms with E-state index in [0.29, 0.717) is 23.4 Å². The largest absolute Gasteiger partial charge is 0.398 e. The van der Waals surface area contributed by atoms with Crippen LogP contribution in [-0.4, -0.2) is 18.2 Å². The summed E-state index contributed by atoms with van der Waals surface area (Å²) in [5, 5.41) is 2.88. The molecule has 0 bridgehead atoms. The van der Waals surface area contributed by atoms with E-state index in [0.717, 1.165) is 5.56 Å². The number of carbonyl (C=O) groups is 2. The van der Waals surface area contributed by atoms with Gasteiger partial charge in [0.25, 0.3) is 0 Å².